The van der Waals surface area contributed by atoms with Crippen LogP contribution in [-0.4, -0.2) is 42.2 Å². The van der Waals surface area contributed by atoms with Crippen LogP contribution in [0.15, 0.2) is 18.2 Å². The molecule has 0 spiro atoms. The predicted octanol–water partition coefficient (Wildman–Crippen LogP) is 1.50. The van der Waals surface area contributed by atoms with Gasteiger partial charge in [-0.25, -0.2) is 9.59 Å². The first-order valence-electron chi connectivity index (χ1n) is 9.35. The normalized spacial score (nSPS) is 17.3. The van der Waals surface area contributed by atoms with Gasteiger partial charge < -0.3 is 25.8 Å². The molecule has 2 aliphatic rings. The van der Waals surface area contributed by atoms with E-state index in [1.54, 1.807) is 18.2 Å². The van der Waals surface area contributed by atoms with Crippen molar-refractivity contribution >= 4 is 17.9 Å². The van der Waals surface area contributed by atoms with Crippen molar-refractivity contribution in [1.82, 2.24) is 16.0 Å². The van der Waals surface area contributed by atoms with Gasteiger partial charge in [0, 0.05) is 12.5 Å². The van der Waals surface area contributed by atoms with Gasteiger partial charge in [0.15, 0.2) is 6.04 Å². The Morgan fingerprint density at radius 3 is 2.70 bits per heavy atom. The maximum Gasteiger partial charge on any atom is 0.330 e. The highest BCUT2D eigenvalue weighted by Crippen LogP contribution is 2.28. The molecular weight excluding hydrogens is 350 g/mol. The Kier molecular flexibility index (Phi) is 6.16. The van der Waals surface area contributed by atoms with E-state index in [1.165, 1.54) is 6.42 Å². The van der Waals surface area contributed by atoms with Crippen LogP contribution in [-0.2, 0) is 16.0 Å². The van der Waals surface area contributed by atoms with E-state index in [0.29, 0.717) is 18.6 Å². The lowest BCUT2D eigenvalue weighted by Crippen LogP contribution is -2.47. The second-order valence-electron chi connectivity index (χ2n) is 6.97. The Morgan fingerprint density at radius 1 is 1.19 bits per heavy atom. The number of fused-ring (bicyclic) bond motifs is 1. The minimum Gasteiger partial charge on any atom is -0.493 e. The Hall–Kier alpha value is -2.77. The van der Waals surface area contributed by atoms with Crippen LogP contribution in [0.1, 0.15) is 49.3 Å². The first-order chi connectivity index (χ1) is 13.0. The van der Waals surface area contributed by atoms with Gasteiger partial charge in [0.05, 0.1) is 13.2 Å². The second-order valence-corrected chi connectivity index (χ2v) is 6.97. The van der Waals surface area contributed by atoms with Gasteiger partial charge in [-0.05, 0) is 36.1 Å². The van der Waals surface area contributed by atoms with Gasteiger partial charge in [0.1, 0.15) is 5.75 Å². The summed E-state index contributed by atoms with van der Waals surface area (Å²) in [5, 5.41) is 17.3. The number of urea groups is 1. The van der Waals surface area contributed by atoms with Crippen molar-refractivity contribution in [1.29, 1.82) is 0 Å². The lowest BCUT2D eigenvalue weighted by atomic mass is 9.96. The fourth-order valence-corrected chi connectivity index (χ4v) is 3.53. The molecular formula is C19H25N3O5. The third kappa shape index (κ3) is 5.12. The number of carbonyl (C=O) groups excluding carboxylic acids is 2. The molecule has 1 aliphatic heterocycles. The van der Waals surface area contributed by atoms with E-state index < -0.39 is 23.9 Å². The highest BCUT2D eigenvalue weighted by molar-refractivity contribution is 5.88. The van der Waals surface area contributed by atoms with Crippen LogP contribution in [0, 0.1) is 0 Å². The first kappa shape index (κ1) is 19.0. The molecule has 1 saturated carbocycles. The molecule has 3 amide bonds. The number of benzene rings is 1. The van der Waals surface area contributed by atoms with Gasteiger partial charge >= 0.3 is 12.0 Å². The van der Waals surface area contributed by atoms with Gasteiger partial charge in [-0.1, -0.05) is 25.3 Å². The molecule has 27 heavy (non-hydrogen) atoms. The summed E-state index contributed by atoms with van der Waals surface area (Å²) in [6, 6.07) is 3.65. The summed E-state index contributed by atoms with van der Waals surface area (Å²) >= 11 is 0. The van der Waals surface area contributed by atoms with Gasteiger partial charge in [-0.2, -0.15) is 0 Å². The first-order valence-corrected chi connectivity index (χ1v) is 9.35. The number of carbonyl (C=O) groups is 3. The van der Waals surface area contributed by atoms with Crippen LogP contribution in [0.2, 0.25) is 0 Å². The molecule has 1 aromatic rings. The lowest BCUT2D eigenvalue weighted by molar-refractivity contribution is -0.141. The smallest absolute Gasteiger partial charge is 0.330 e. The van der Waals surface area contributed by atoms with Gasteiger partial charge in [0.2, 0.25) is 5.91 Å². The summed E-state index contributed by atoms with van der Waals surface area (Å²) < 4.78 is 5.41. The van der Waals surface area contributed by atoms with E-state index in [2.05, 4.69) is 16.0 Å². The van der Waals surface area contributed by atoms with E-state index in [9.17, 15) is 19.5 Å². The number of amides is 3. The molecule has 4 N–H and O–H groups in total. The number of nitrogens with one attached hydrogen (secondary N) is 3. The molecule has 0 bridgehead atoms. The van der Waals surface area contributed by atoms with E-state index >= 15 is 0 Å². The van der Waals surface area contributed by atoms with E-state index in [0.717, 1.165) is 37.0 Å². The molecule has 1 fully saturated rings. The van der Waals surface area contributed by atoms with Crippen molar-refractivity contribution in [3.8, 4) is 5.75 Å². The number of ether oxygens (including phenoxy) is 1. The SMILES string of the molecule is O=C(CNC(=O)NC1CCCCC1)NC(C(=O)O)c1ccc2c(c1)CCO2. The monoisotopic (exact) mass is 375 g/mol. The summed E-state index contributed by atoms with van der Waals surface area (Å²) in [7, 11) is 0. The molecule has 0 radical (unpaired) electrons. The highest BCUT2D eigenvalue weighted by Gasteiger charge is 2.24. The summed E-state index contributed by atoms with van der Waals surface area (Å²) in [5.41, 5.74) is 1.41. The van der Waals surface area contributed by atoms with Crippen molar-refractivity contribution in [2.45, 2.75) is 50.6 Å². The van der Waals surface area contributed by atoms with E-state index in [-0.39, 0.29) is 12.6 Å². The van der Waals surface area contributed by atoms with Crippen molar-refractivity contribution < 1.29 is 24.2 Å². The van der Waals surface area contributed by atoms with Crippen molar-refractivity contribution in [3.63, 3.8) is 0 Å². The van der Waals surface area contributed by atoms with Crippen LogP contribution >= 0.6 is 0 Å². The van der Waals surface area contributed by atoms with E-state index in [4.69, 9.17) is 4.74 Å². The van der Waals surface area contributed by atoms with Crippen LogP contribution in [0.3, 0.4) is 0 Å². The Bertz CT molecular complexity index is 715. The molecule has 1 atom stereocenters. The third-order valence-electron chi connectivity index (χ3n) is 4.95. The summed E-state index contributed by atoms with van der Waals surface area (Å²) in [4.78, 5) is 35.6. The zero-order valence-corrected chi connectivity index (χ0v) is 15.1. The zero-order chi connectivity index (χ0) is 19.2. The zero-order valence-electron chi connectivity index (χ0n) is 15.1. The summed E-state index contributed by atoms with van der Waals surface area (Å²) in [5.74, 6) is -0.970. The molecule has 1 aliphatic carbocycles. The van der Waals surface area contributed by atoms with Crippen molar-refractivity contribution in [2.24, 2.45) is 0 Å². The molecule has 1 aromatic carbocycles. The maximum atomic E-state index is 12.1. The number of hydrogen-bond donors (Lipinski definition) is 4. The van der Waals surface area contributed by atoms with Crippen LogP contribution in [0.4, 0.5) is 4.79 Å². The van der Waals surface area contributed by atoms with E-state index in [1.807, 2.05) is 0 Å². The molecule has 1 heterocycles. The number of rotatable bonds is 6. The molecule has 8 heteroatoms. The molecule has 146 valence electrons. The summed E-state index contributed by atoms with van der Waals surface area (Å²) in [6.45, 7) is 0.291. The predicted molar refractivity (Wildman–Crippen MR) is 97.6 cm³/mol. The molecule has 0 saturated heterocycles. The minimum atomic E-state index is -1.17. The molecule has 1 unspecified atom stereocenters. The quantitative estimate of drug-likeness (QED) is 0.601. The van der Waals surface area contributed by atoms with Crippen molar-refractivity contribution in [3.05, 3.63) is 29.3 Å². The van der Waals surface area contributed by atoms with Crippen LogP contribution in [0.25, 0.3) is 0 Å². The summed E-state index contributed by atoms with van der Waals surface area (Å²) in [6.07, 6.45) is 5.99. The Morgan fingerprint density at radius 2 is 1.96 bits per heavy atom. The Balaban J connectivity index is 1.51. The topological polar surface area (TPSA) is 117 Å². The van der Waals surface area contributed by atoms with Crippen LogP contribution < -0.4 is 20.7 Å². The number of carboxylic acids is 1. The fraction of sp³-hybridized carbons (Fsp3) is 0.526. The largest absolute Gasteiger partial charge is 0.493 e. The molecule has 8 nitrogen and oxygen atoms in total. The van der Waals surface area contributed by atoms with Gasteiger partial charge in [-0.15, -0.1) is 0 Å². The van der Waals surface area contributed by atoms with Crippen molar-refractivity contribution in [2.75, 3.05) is 13.2 Å². The van der Waals surface area contributed by atoms with Crippen LogP contribution in [0.5, 0.6) is 5.75 Å². The highest BCUT2D eigenvalue weighted by atomic mass is 16.5. The third-order valence-corrected chi connectivity index (χ3v) is 4.95. The number of hydrogen-bond acceptors (Lipinski definition) is 4. The average Bonchev–Trinajstić information content (AvgIpc) is 3.13. The van der Waals surface area contributed by atoms with Gasteiger partial charge in [-0.3, -0.25) is 4.79 Å². The minimum absolute atomic E-state index is 0.141. The average molecular weight is 375 g/mol. The van der Waals surface area contributed by atoms with Gasteiger partial charge in [0.25, 0.3) is 0 Å². The Labute approximate surface area is 157 Å². The molecule has 3 rings (SSSR count). The number of carboxylic acid groups (broad SMARTS) is 1. The second kappa shape index (κ2) is 8.75. The molecule has 0 aromatic heterocycles. The maximum absolute atomic E-state index is 12.1. The standard InChI is InChI=1S/C19H25N3O5/c23-16(11-20-19(26)21-14-4-2-1-3-5-14)22-17(18(24)25)13-6-7-15-12(10-13)8-9-27-15/h6-7,10,14,17H,1-5,8-9,11H2,(H,22,23)(H,24,25)(H2,20,21,26). The lowest BCUT2D eigenvalue weighted by Gasteiger charge is -2.23. The fourth-order valence-electron chi connectivity index (χ4n) is 3.53. The number of aliphatic carboxylic acids is 1.